The summed E-state index contributed by atoms with van der Waals surface area (Å²) in [4.78, 5) is 9.51. The molecule has 0 saturated carbocycles. The minimum atomic E-state index is 0.501. The molecule has 0 aliphatic heterocycles. The van der Waals surface area contributed by atoms with Gasteiger partial charge in [-0.05, 0) is 56.3 Å². The normalized spacial score (nSPS) is 11.0. The fourth-order valence-electron chi connectivity index (χ4n) is 2.97. The number of aromatic nitrogens is 4. The van der Waals surface area contributed by atoms with Gasteiger partial charge in [0.05, 0.1) is 28.9 Å². The fourth-order valence-corrected chi connectivity index (χ4v) is 3.40. The summed E-state index contributed by atoms with van der Waals surface area (Å²) in [5.74, 6) is 1.74. The number of nitrogens with one attached hydrogen (secondary N) is 1. The van der Waals surface area contributed by atoms with Crippen molar-refractivity contribution in [1.82, 2.24) is 19.7 Å². The molecule has 6 nitrogen and oxygen atoms in total. The molecule has 0 atom stereocenters. The molecule has 8 heteroatoms. The van der Waals surface area contributed by atoms with Gasteiger partial charge in [-0.1, -0.05) is 23.2 Å². The molecule has 0 radical (unpaired) electrons. The minimum absolute atomic E-state index is 0.501. The van der Waals surface area contributed by atoms with Gasteiger partial charge in [-0.3, -0.25) is 0 Å². The third kappa shape index (κ3) is 3.48. The van der Waals surface area contributed by atoms with Crippen LogP contribution in [0.15, 0.2) is 42.5 Å². The smallest absolute Gasteiger partial charge is 0.197 e. The predicted octanol–water partition coefficient (Wildman–Crippen LogP) is 5.49. The van der Waals surface area contributed by atoms with Crippen molar-refractivity contribution in [3.63, 3.8) is 0 Å². The van der Waals surface area contributed by atoms with Gasteiger partial charge in [0.1, 0.15) is 5.75 Å². The van der Waals surface area contributed by atoms with Crippen molar-refractivity contribution in [2.45, 2.75) is 13.8 Å². The van der Waals surface area contributed by atoms with E-state index in [-0.39, 0.29) is 0 Å². The van der Waals surface area contributed by atoms with Crippen LogP contribution in [0.4, 0.5) is 11.5 Å². The molecule has 0 saturated heterocycles. The van der Waals surface area contributed by atoms with Crippen LogP contribution in [0.1, 0.15) is 11.4 Å². The molecule has 4 rings (SSSR count). The Kier molecular flexibility index (Phi) is 4.83. The van der Waals surface area contributed by atoms with Crippen LogP contribution in [-0.4, -0.2) is 26.9 Å². The Morgan fingerprint density at radius 2 is 1.79 bits per heavy atom. The van der Waals surface area contributed by atoms with Crippen LogP contribution in [-0.2, 0) is 0 Å². The maximum Gasteiger partial charge on any atom is 0.197 e. The summed E-state index contributed by atoms with van der Waals surface area (Å²) in [5, 5.41) is 8.95. The standard InChI is InChI=1S/C20H17Cl2N5O/c1-11-8-12(2)27(26-11)20-19(23-14-5-7-18(28-3)15(22)10-14)24-16-6-4-13(21)9-17(16)25-20/h4-10H,1-3H3,(H,23,24). The minimum Gasteiger partial charge on any atom is -0.495 e. The zero-order valence-corrected chi connectivity index (χ0v) is 17.0. The number of aryl methyl sites for hydroxylation is 2. The number of fused-ring (bicyclic) bond motifs is 1. The van der Waals surface area contributed by atoms with Crippen LogP contribution in [0, 0.1) is 13.8 Å². The first kappa shape index (κ1) is 18.5. The van der Waals surface area contributed by atoms with Crippen molar-refractivity contribution in [2.24, 2.45) is 0 Å². The quantitative estimate of drug-likeness (QED) is 0.478. The number of nitrogens with zero attached hydrogens (tertiary/aromatic N) is 4. The Hall–Kier alpha value is -2.83. The zero-order chi connectivity index (χ0) is 19.8. The van der Waals surface area contributed by atoms with E-state index in [1.54, 1.807) is 36.1 Å². The van der Waals surface area contributed by atoms with E-state index in [1.807, 2.05) is 32.0 Å². The van der Waals surface area contributed by atoms with E-state index < -0.39 is 0 Å². The van der Waals surface area contributed by atoms with Gasteiger partial charge in [0.15, 0.2) is 11.6 Å². The number of ether oxygens (including phenoxy) is 1. The van der Waals surface area contributed by atoms with E-state index in [0.717, 1.165) is 22.6 Å². The molecule has 0 spiro atoms. The van der Waals surface area contributed by atoms with E-state index in [1.165, 1.54) is 0 Å². The van der Waals surface area contributed by atoms with Crippen LogP contribution in [0.25, 0.3) is 16.9 Å². The third-order valence-corrected chi connectivity index (χ3v) is 4.76. The number of halogens is 2. The molecular weight excluding hydrogens is 397 g/mol. The Bertz CT molecular complexity index is 1190. The Balaban J connectivity index is 1.88. The average molecular weight is 414 g/mol. The molecule has 0 aliphatic carbocycles. The summed E-state index contributed by atoms with van der Waals surface area (Å²) >= 11 is 12.4. The van der Waals surface area contributed by atoms with Crippen molar-refractivity contribution >= 4 is 45.7 Å². The lowest BCUT2D eigenvalue weighted by molar-refractivity contribution is 0.415. The highest BCUT2D eigenvalue weighted by Crippen LogP contribution is 2.31. The Morgan fingerprint density at radius 3 is 2.46 bits per heavy atom. The first-order valence-corrected chi connectivity index (χ1v) is 9.31. The first-order valence-electron chi connectivity index (χ1n) is 8.56. The van der Waals surface area contributed by atoms with Crippen LogP contribution in [0.3, 0.4) is 0 Å². The third-order valence-electron chi connectivity index (χ3n) is 4.23. The van der Waals surface area contributed by atoms with E-state index in [4.69, 9.17) is 37.9 Å². The van der Waals surface area contributed by atoms with Crippen LogP contribution >= 0.6 is 23.2 Å². The molecular formula is C20H17Cl2N5O. The number of benzene rings is 2. The van der Waals surface area contributed by atoms with Gasteiger partial charge in [0, 0.05) is 16.4 Å². The number of hydrogen-bond donors (Lipinski definition) is 1. The van der Waals surface area contributed by atoms with Crippen LogP contribution in [0.2, 0.25) is 10.0 Å². The van der Waals surface area contributed by atoms with Crippen molar-refractivity contribution < 1.29 is 4.74 Å². The average Bonchev–Trinajstić information content (AvgIpc) is 2.99. The lowest BCUT2D eigenvalue weighted by atomic mass is 10.3. The van der Waals surface area contributed by atoms with E-state index in [0.29, 0.717) is 32.9 Å². The molecule has 2 aromatic heterocycles. The van der Waals surface area contributed by atoms with E-state index in [2.05, 4.69) is 10.4 Å². The second kappa shape index (κ2) is 7.30. The molecule has 0 unspecified atom stereocenters. The van der Waals surface area contributed by atoms with Crippen molar-refractivity contribution in [3.05, 3.63) is 63.9 Å². The van der Waals surface area contributed by atoms with Crippen LogP contribution < -0.4 is 10.1 Å². The fraction of sp³-hybridized carbons (Fsp3) is 0.150. The van der Waals surface area contributed by atoms with Crippen LogP contribution in [0.5, 0.6) is 5.75 Å². The molecule has 0 fully saturated rings. The second-order valence-electron chi connectivity index (χ2n) is 6.34. The lowest BCUT2D eigenvalue weighted by Crippen LogP contribution is -2.08. The number of methoxy groups -OCH3 is 1. The molecule has 0 aliphatic rings. The Morgan fingerprint density at radius 1 is 0.964 bits per heavy atom. The molecule has 1 N–H and O–H groups in total. The highest BCUT2D eigenvalue weighted by atomic mass is 35.5. The molecule has 2 aromatic carbocycles. The van der Waals surface area contributed by atoms with E-state index in [9.17, 15) is 0 Å². The SMILES string of the molecule is COc1ccc(Nc2nc3ccc(Cl)cc3nc2-n2nc(C)cc2C)cc1Cl. The van der Waals surface area contributed by atoms with Crippen molar-refractivity contribution in [3.8, 4) is 11.6 Å². The van der Waals surface area contributed by atoms with Crippen molar-refractivity contribution in [1.29, 1.82) is 0 Å². The highest BCUT2D eigenvalue weighted by Gasteiger charge is 2.15. The predicted molar refractivity (Wildman–Crippen MR) is 112 cm³/mol. The molecule has 28 heavy (non-hydrogen) atoms. The van der Waals surface area contributed by atoms with Gasteiger partial charge < -0.3 is 10.1 Å². The number of anilines is 2. The summed E-state index contributed by atoms with van der Waals surface area (Å²) in [5.41, 5.74) is 4.01. The Labute approximate surface area is 172 Å². The molecule has 142 valence electrons. The number of hydrogen-bond acceptors (Lipinski definition) is 5. The first-order chi connectivity index (χ1) is 13.4. The molecule has 0 amide bonds. The van der Waals surface area contributed by atoms with Gasteiger partial charge in [-0.25, -0.2) is 14.6 Å². The summed E-state index contributed by atoms with van der Waals surface area (Å²) < 4.78 is 6.98. The monoisotopic (exact) mass is 413 g/mol. The molecule has 0 bridgehead atoms. The maximum absolute atomic E-state index is 6.26. The molecule has 2 heterocycles. The largest absolute Gasteiger partial charge is 0.495 e. The summed E-state index contributed by atoms with van der Waals surface area (Å²) in [6, 6.07) is 12.8. The molecule has 4 aromatic rings. The maximum atomic E-state index is 6.26. The summed E-state index contributed by atoms with van der Waals surface area (Å²) in [6.07, 6.45) is 0. The van der Waals surface area contributed by atoms with Gasteiger partial charge >= 0.3 is 0 Å². The van der Waals surface area contributed by atoms with Gasteiger partial charge in [0.2, 0.25) is 0 Å². The topological polar surface area (TPSA) is 64.9 Å². The lowest BCUT2D eigenvalue weighted by Gasteiger charge is -2.14. The zero-order valence-electron chi connectivity index (χ0n) is 15.5. The summed E-state index contributed by atoms with van der Waals surface area (Å²) in [6.45, 7) is 3.91. The van der Waals surface area contributed by atoms with Gasteiger partial charge in [-0.15, -0.1) is 0 Å². The van der Waals surface area contributed by atoms with Crippen molar-refractivity contribution in [2.75, 3.05) is 12.4 Å². The second-order valence-corrected chi connectivity index (χ2v) is 7.19. The van der Waals surface area contributed by atoms with Gasteiger partial charge in [0.25, 0.3) is 0 Å². The van der Waals surface area contributed by atoms with E-state index >= 15 is 0 Å². The summed E-state index contributed by atoms with van der Waals surface area (Å²) in [7, 11) is 1.58. The highest BCUT2D eigenvalue weighted by molar-refractivity contribution is 6.32. The number of rotatable bonds is 4. The van der Waals surface area contributed by atoms with Gasteiger partial charge in [-0.2, -0.15) is 5.10 Å².